The van der Waals surface area contributed by atoms with Gasteiger partial charge in [-0.25, -0.2) is 0 Å². The van der Waals surface area contributed by atoms with Crippen molar-refractivity contribution in [2.45, 2.75) is 52.7 Å². The lowest BCUT2D eigenvalue weighted by atomic mass is 9.81. The molecule has 0 amide bonds. The van der Waals surface area contributed by atoms with Crippen LogP contribution in [0.5, 0.6) is 0 Å². The van der Waals surface area contributed by atoms with Crippen LogP contribution in [-0.4, -0.2) is 63.0 Å². The summed E-state index contributed by atoms with van der Waals surface area (Å²) in [5, 5.41) is 3.67. The van der Waals surface area contributed by atoms with Gasteiger partial charge in [-0.15, -0.1) is 0 Å². The van der Waals surface area contributed by atoms with Crippen molar-refractivity contribution in [2.75, 3.05) is 45.9 Å². The first-order valence-corrected chi connectivity index (χ1v) is 8.65. The molecule has 4 nitrogen and oxygen atoms in total. The molecule has 3 atom stereocenters. The topological polar surface area (TPSA) is 33.7 Å². The van der Waals surface area contributed by atoms with E-state index in [0.717, 1.165) is 45.9 Å². The van der Waals surface area contributed by atoms with Crippen LogP contribution in [0.1, 0.15) is 40.5 Å². The third-order valence-electron chi connectivity index (χ3n) is 4.51. The smallest absolute Gasteiger partial charge is 0.0678 e. The van der Waals surface area contributed by atoms with Crippen LogP contribution in [-0.2, 0) is 9.47 Å². The molecule has 0 radical (unpaired) electrons. The van der Waals surface area contributed by atoms with E-state index in [2.05, 4.69) is 37.9 Å². The summed E-state index contributed by atoms with van der Waals surface area (Å²) in [5.74, 6) is 0.704. The normalized spacial score (nSPS) is 35.3. The van der Waals surface area contributed by atoms with Crippen LogP contribution in [0.25, 0.3) is 0 Å². The molecule has 2 aliphatic rings. The molecule has 1 N–H and O–H groups in total. The maximum Gasteiger partial charge on any atom is 0.0678 e. The average molecular weight is 298 g/mol. The second kappa shape index (κ2) is 7.91. The van der Waals surface area contributed by atoms with E-state index in [9.17, 15) is 0 Å². The van der Waals surface area contributed by atoms with Crippen molar-refractivity contribution in [2.24, 2.45) is 11.3 Å². The number of nitrogens with zero attached hydrogens (tertiary/aromatic N) is 1. The van der Waals surface area contributed by atoms with E-state index in [1.807, 2.05) is 0 Å². The predicted octanol–water partition coefficient (Wildman–Crippen LogP) is 2.14. The molecule has 3 unspecified atom stereocenters. The van der Waals surface area contributed by atoms with Gasteiger partial charge in [0.25, 0.3) is 0 Å². The summed E-state index contributed by atoms with van der Waals surface area (Å²) in [7, 11) is 0. The van der Waals surface area contributed by atoms with E-state index >= 15 is 0 Å². The fourth-order valence-electron chi connectivity index (χ4n) is 3.74. The summed E-state index contributed by atoms with van der Waals surface area (Å²) in [5.41, 5.74) is 0.282. The largest absolute Gasteiger partial charge is 0.381 e. The zero-order chi connectivity index (χ0) is 15.3. The highest BCUT2D eigenvalue weighted by atomic mass is 16.5. The predicted molar refractivity (Wildman–Crippen MR) is 86.6 cm³/mol. The van der Waals surface area contributed by atoms with Crippen molar-refractivity contribution in [1.82, 2.24) is 10.2 Å². The SMILES string of the molecule is CC(C)CNCC1(CN2CC(C)OC(C)C2)CCCOC1. The van der Waals surface area contributed by atoms with Crippen LogP contribution in [0.15, 0.2) is 0 Å². The molecule has 21 heavy (non-hydrogen) atoms. The third-order valence-corrected chi connectivity index (χ3v) is 4.51. The molecule has 2 rings (SSSR count). The van der Waals surface area contributed by atoms with Gasteiger partial charge < -0.3 is 14.8 Å². The highest BCUT2D eigenvalue weighted by Gasteiger charge is 2.36. The Labute approximate surface area is 130 Å². The van der Waals surface area contributed by atoms with Gasteiger partial charge in [-0.3, -0.25) is 4.90 Å². The molecule has 0 saturated carbocycles. The first-order chi connectivity index (χ1) is 9.99. The molecule has 0 spiro atoms. The molecule has 0 aromatic carbocycles. The van der Waals surface area contributed by atoms with Crippen molar-refractivity contribution >= 4 is 0 Å². The number of nitrogens with one attached hydrogen (secondary N) is 1. The minimum atomic E-state index is 0.282. The summed E-state index contributed by atoms with van der Waals surface area (Å²) in [4.78, 5) is 2.59. The molecule has 4 heteroatoms. The van der Waals surface area contributed by atoms with Crippen LogP contribution in [0.3, 0.4) is 0 Å². The van der Waals surface area contributed by atoms with Gasteiger partial charge in [0.15, 0.2) is 0 Å². The fourth-order valence-corrected chi connectivity index (χ4v) is 3.74. The number of rotatable bonds is 6. The Morgan fingerprint density at radius 3 is 2.52 bits per heavy atom. The first kappa shape index (κ1) is 17.2. The molecule has 124 valence electrons. The Bertz CT molecular complexity index is 293. The first-order valence-electron chi connectivity index (χ1n) is 8.65. The number of hydrogen-bond acceptors (Lipinski definition) is 4. The Kier molecular flexibility index (Phi) is 6.48. The van der Waals surface area contributed by atoms with Gasteiger partial charge in [-0.1, -0.05) is 13.8 Å². The van der Waals surface area contributed by atoms with Crippen LogP contribution in [0.2, 0.25) is 0 Å². The van der Waals surface area contributed by atoms with Gasteiger partial charge in [0, 0.05) is 38.2 Å². The lowest BCUT2D eigenvalue weighted by Crippen LogP contribution is -2.54. The average Bonchev–Trinajstić information content (AvgIpc) is 2.37. The van der Waals surface area contributed by atoms with Crippen molar-refractivity contribution in [3.05, 3.63) is 0 Å². The second-order valence-corrected chi connectivity index (χ2v) is 7.63. The van der Waals surface area contributed by atoms with Crippen LogP contribution >= 0.6 is 0 Å². The summed E-state index contributed by atoms with van der Waals surface area (Å²) in [6.07, 6.45) is 3.16. The lowest BCUT2D eigenvalue weighted by Gasteiger charge is -2.44. The summed E-state index contributed by atoms with van der Waals surface area (Å²) < 4.78 is 11.7. The van der Waals surface area contributed by atoms with Gasteiger partial charge in [-0.05, 0) is 39.2 Å². The van der Waals surface area contributed by atoms with E-state index in [-0.39, 0.29) is 5.41 Å². The Balaban J connectivity index is 1.91. The number of hydrogen-bond donors (Lipinski definition) is 1. The monoisotopic (exact) mass is 298 g/mol. The maximum atomic E-state index is 5.86. The second-order valence-electron chi connectivity index (χ2n) is 7.63. The zero-order valence-electron chi connectivity index (χ0n) is 14.4. The Morgan fingerprint density at radius 2 is 1.95 bits per heavy atom. The van der Waals surface area contributed by atoms with E-state index in [1.54, 1.807) is 0 Å². The van der Waals surface area contributed by atoms with Gasteiger partial charge in [-0.2, -0.15) is 0 Å². The summed E-state index contributed by atoms with van der Waals surface area (Å²) >= 11 is 0. The molecule has 0 aromatic rings. The van der Waals surface area contributed by atoms with Crippen molar-refractivity contribution in [3.8, 4) is 0 Å². The molecular weight excluding hydrogens is 264 g/mol. The molecule has 0 aliphatic carbocycles. The van der Waals surface area contributed by atoms with E-state index < -0.39 is 0 Å². The van der Waals surface area contributed by atoms with Gasteiger partial charge in [0.1, 0.15) is 0 Å². The number of ether oxygens (including phenoxy) is 2. The van der Waals surface area contributed by atoms with Gasteiger partial charge in [0.05, 0.1) is 18.8 Å². The van der Waals surface area contributed by atoms with Crippen LogP contribution < -0.4 is 5.32 Å². The Morgan fingerprint density at radius 1 is 1.24 bits per heavy atom. The molecule has 0 bridgehead atoms. The molecule has 0 aromatic heterocycles. The molecule has 2 fully saturated rings. The Hall–Kier alpha value is -0.160. The minimum Gasteiger partial charge on any atom is -0.381 e. The fraction of sp³-hybridized carbons (Fsp3) is 1.00. The summed E-state index contributed by atoms with van der Waals surface area (Å²) in [6, 6.07) is 0. The number of morpholine rings is 1. The zero-order valence-corrected chi connectivity index (χ0v) is 14.4. The highest BCUT2D eigenvalue weighted by Crippen LogP contribution is 2.30. The van der Waals surface area contributed by atoms with Crippen molar-refractivity contribution < 1.29 is 9.47 Å². The minimum absolute atomic E-state index is 0.282. The van der Waals surface area contributed by atoms with Crippen LogP contribution in [0, 0.1) is 11.3 Å². The highest BCUT2D eigenvalue weighted by molar-refractivity contribution is 4.89. The quantitative estimate of drug-likeness (QED) is 0.814. The van der Waals surface area contributed by atoms with E-state index in [0.29, 0.717) is 18.1 Å². The maximum absolute atomic E-state index is 5.86. The standard InChI is InChI=1S/C17H34N2O2/c1-14(2)8-18-11-17(6-5-7-20-13-17)12-19-9-15(3)21-16(4)10-19/h14-16,18H,5-13H2,1-4H3. The lowest BCUT2D eigenvalue weighted by molar-refractivity contribution is -0.0931. The van der Waals surface area contributed by atoms with Crippen molar-refractivity contribution in [3.63, 3.8) is 0 Å². The molecule has 2 aliphatic heterocycles. The van der Waals surface area contributed by atoms with Gasteiger partial charge in [0.2, 0.25) is 0 Å². The van der Waals surface area contributed by atoms with Gasteiger partial charge >= 0.3 is 0 Å². The third kappa shape index (κ3) is 5.51. The van der Waals surface area contributed by atoms with Crippen molar-refractivity contribution in [1.29, 1.82) is 0 Å². The van der Waals surface area contributed by atoms with E-state index in [4.69, 9.17) is 9.47 Å². The summed E-state index contributed by atoms with van der Waals surface area (Å²) in [6.45, 7) is 16.1. The van der Waals surface area contributed by atoms with Crippen LogP contribution in [0.4, 0.5) is 0 Å². The molecule has 2 saturated heterocycles. The van der Waals surface area contributed by atoms with E-state index in [1.165, 1.54) is 12.8 Å². The molecule has 2 heterocycles. The molecular formula is C17H34N2O2.